The van der Waals surface area contributed by atoms with Gasteiger partial charge in [-0.15, -0.1) is 0 Å². The second kappa shape index (κ2) is 8.51. The van der Waals surface area contributed by atoms with Gasteiger partial charge in [-0.05, 0) is 40.9 Å². The summed E-state index contributed by atoms with van der Waals surface area (Å²) in [5.74, 6) is 0. The fourth-order valence-electron chi connectivity index (χ4n) is 2.58. The number of rotatable bonds is 6. The van der Waals surface area contributed by atoms with Gasteiger partial charge in [-0.25, -0.2) is 15.0 Å². The zero-order valence-electron chi connectivity index (χ0n) is 13.0. The van der Waals surface area contributed by atoms with E-state index in [1.165, 1.54) is 51.6 Å². The molecule has 1 fully saturated rings. The monoisotopic (exact) mass is 316 g/mol. The Morgan fingerprint density at radius 3 is 2.70 bits per heavy atom. The molecule has 116 valence electrons. The van der Waals surface area contributed by atoms with Crippen LogP contribution in [-0.4, -0.2) is 59.3 Å². The maximum Gasteiger partial charge on any atom is 0.175 e. The van der Waals surface area contributed by atoms with Crippen molar-refractivity contribution in [3.05, 3.63) is 0 Å². The zero-order chi connectivity index (χ0) is 14.4. The average Bonchev–Trinajstić information content (AvgIpc) is 2.94. The van der Waals surface area contributed by atoms with Crippen LogP contribution < -0.4 is 0 Å². The Hall–Kier alpha value is 0.0900. The minimum atomic E-state index is 0.281. The van der Waals surface area contributed by atoms with Crippen LogP contribution in [0.1, 0.15) is 45.4 Å². The van der Waals surface area contributed by atoms with Crippen molar-refractivity contribution in [3.8, 4) is 0 Å². The Labute approximate surface area is 131 Å². The van der Waals surface area contributed by atoms with E-state index in [4.69, 9.17) is 4.99 Å². The summed E-state index contributed by atoms with van der Waals surface area (Å²) in [6.45, 7) is 5.85. The number of unbranched alkanes of at least 4 members (excludes halogenated alkanes) is 3. The molecule has 6 heteroatoms. The quantitative estimate of drug-likeness (QED) is 0.551. The van der Waals surface area contributed by atoms with Gasteiger partial charge in [0.1, 0.15) is 0 Å². The molecule has 0 saturated carbocycles. The van der Waals surface area contributed by atoms with Gasteiger partial charge >= 0.3 is 0 Å². The van der Waals surface area contributed by atoms with Crippen molar-refractivity contribution >= 4 is 26.8 Å². The van der Waals surface area contributed by atoms with Crippen LogP contribution in [0.5, 0.6) is 0 Å². The van der Waals surface area contributed by atoms with Crippen LogP contribution in [0.2, 0.25) is 0 Å². The van der Waals surface area contributed by atoms with Crippen LogP contribution in [0, 0.1) is 0 Å². The van der Waals surface area contributed by atoms with Crippen LogP contribution in [-0.2, 0) is 0 Å². The third kappa shape index (κ3) is 4.55. The summed E-state index contributed by atoms with van der Waals surface area (Å²) in [7, 11) is 7.85. The fourth-order valence-corrected chi connectivity index (χ4v) is 5.11. The average molecular weight is 317 g/mol. The lowest BCUT2D eigenvalue weighted by Gasteiger charge is -2.40. The van der Waals surface area contributed by atoms with Gasteiger partial charge in [0.2, 0.25) is 0 Å². The molecule has 2 aliphatic rings. The van der Waals surface area contributed by atoms with Gasteiger partial charge in [-0.3, -0.25) is 0 Å². The molecular weight excluding hydrogens is 288 g/mol. The Morgan fingerprint density at radius 1 is 1.20 bits per heavy atom. The first kappa shape index (κ1) is 16.5. The predicted molar refractivity (Wildman–Crippen MR) is 91.7 cm³/mol. The molecule has 1 unspecified atom stereocenters. The summed E-state index contributed by atoms with van der Waals surface area (Å²) in [5.41, 5.74) is 0.281. The van der Waals surface area contributed by atoms with Gasteiger partial charge in [0, 0.05) is 33.7 Å². The first-order valence-corrected chi connectivity index (χ1v) is 10.0. The Morgan fingerprint density at radius 2 is 2.00 bits per heavy atom. The summed E-state index contributed by atoms with van der Waals surface area (Å²) in [4.78, 5) is 6.98. The largest absolute Gasteiger partial charge is 0.357 e. The summed E-state index contributed by atoms with van der Waals surface area (Å²) in [6, 6.07) is 0. The van der Waals surface area contributed by atoms with Crippen LogP contribution >= 0.6 is 21.6 Å². The maximum absolute atomic E-state index is 4.86. The van der Waals surface area contributed by atoms with E-state index >= 15 is 0 Å². The standard InChI is InChI=1S/C14H28N4S2/c1-4-5-6-7-10-17-11-8-9-12-18(17)14-15-13(16(2)3)19-20-14/h14H,4-12H2,1-3H3. The molecule has 0 spiro atoms. The topological polar surface area (TPSA) is 22.1 Å². The van der Waals surface area contributed by atoms with Gasteiger partial charge in [0.25, 0.3) is 0 Å². The lowest BCUT2D eigenvalue weighted by atomic mass is 10.2. The van der Waals surface area contributed by atoms with Gasteiger partial charge in [-0.2, -0.15) is 0 Å². The molecule has 0 aromatic heterocycles. The van der Waals surface area contributed by atoms with Crippen LogP contribution in [0.15, 0.2) is 4.99 Å². The molecule has 0 aromatic rings. The van der Waals surface area contributed by atoms with E-state index in [-0.39, 0.29) is 5.50 Å². The Balaban J connectivity index is 1.87. The summed E-state index contributed by atoms with van der Waals surface area (Å²) in [6.07, 6.45) is 8.00. The summed E-state index contributed by atoms with van der Waals surface area (Å²) in [5, 5.41) is 6.21. The normalized spacial score (nSPS) is 24.9. The van der Waals surface area contributed by atoms with E-state index in [0.29, 0.717) is 0 Å². The first-order valence-electron chi connectivity index (χ1n) is 7.82. The second-order valence-corrected chi connectivity index (χ2v) is 7.92. The maximum atomic E-state index is 4.86. The van der Waals surface area contributed by atoms with Gasteiger partial charge in [-0.1, -0.05) is 26.2 Å². The van der Waals surface area contributed by atoms with Crippen molar-refractivity contribution in [1.29, 1.82) is 0 Å². The highest BCUT2D eigenvalue weighted by molar-refractivity contribution is 8.82. The first-order chi connectivity index (χ1) is 9.72. The minimum absolute atomic E-state index is 0.281. The molecule has 2 rings (SSSR count). The van der Waals surface area contributed by atoms with E-state index < -0.39 is 0 Å². The van der Waals surface area contributed by atoms with Crippen molar-refractivity contribution in [2.45, 2.75) is 50.9 Å². The molecule has 1 saturated heterocycles. The fraction of sp³-hybridized carbons (Fsp3) is 0.929. The number of hydrogen-bond acceptors (Lipinski definition) is 6. The van der Waals surface area contributed by atoms with Crippen molar-refractivity contribution in [2.24, 2.45) is 4.99 Å². The van der Waals surface area contributed by atoms with E-state index in [9.17, 15) is 0 Å². The third-order valence-corrected chi connectivity index (χ3v) is 6.24. The molecule has 0 amide bonds. The van der Waals surface area contributed by atoms with Gasteiger partial charge in [0.05, 0.1) is 0 Å². The second-order valence-electron chi connectivity index (χ2n) is 5.70. The molecule has 2 aliphatic heterocycles. The minimum Gasteiger partial charge on any atom is -0.357 e. The van der Waals surface area contributed by atoms with Gasteiger partial charge < -0.3 is 4.90 Å². The van der Waals surface area contributed by atoms with Crippen LogP contribution in [0.3, 0.4) is 0 Å². The smallest absolute Gasteiger partial charge is 0.175 e. The van der Waals surface area contributed by atoms with Gasteiger partial charge in [0.15, 0.2) is 10.7 Å². The molecule has 0 radical (unpaired) electrons. The number of hydrazine groups is 1. The van der Waals surface area contributed by atoms with Crippen molar-refractivity contribution in [3.63, 3.8) is 0 Å². The molecule has 0 aromatic carbocycles. The number of amidine groups is 1. The molecule has 20 heavy (non-hydrogen) atoms. The molecule has 0 N–H and O–H groups in total. The lowest BCUT2D eigenvalue weighted by molar-refractivity contribution is -0.0581. The van der Waals surface area contributed by atoms with Crippen LogP contribution in [0.25, 0.3) is 0 Å². The number of hydrogen-bond donors (Lipinski definition) is 0. The van der Waals surface area contributed by atoms with Crippen molar-refractivity contribution in [2.75, 3.05) is 33.7 Å². The third-order valence-electron chi connectivity index (χ3n) is 3.75. The zero-order valence-corrected chi connectivity index (χ0v) is 14.7. The molecular formula is C14H28N4S2. The highest BCUT2D eigenvalue weighted by Crippen LogP contribution is 2.39. The molecule has 1 atom stereocenters. The summed E-state index contributed by atoms with van der Waals surface area (Å²) >= 11 is 0. The highest BCUT2D eigenvalue weighted by Gasteiger charge is 2.31. The van der Waals surface area contributed by atoms with Crippen LogP contribution in [0.4, 0.5) is 0 Å². The van der Waals surface area contributed by atoms with Crippen molar-refractivity contribution < 1.29 is 0 Å². The van der Waals surface area contributed by atoms with E-state index in [1.54, 1.807) is 0 Å². The summed E-state index contributed by atoms with van der Waals surface area (Å²) < 4.78 is 0. The number of nitrogens with zero attached hydrogens (tertiary/aromatic N) is 4. The van der Waals surface area contributed by atoms with E-state index in [1.807, 2.05) is 21.6 Å². The predicted octanol–water partition coefficient (Wildman–Crippen LogP) is 3.48. The Kier molecular flexibility index (Phi) is 7.01. The molecule has 4 nitrogen and oxygen atoms in total. The molecule has 0 bridgehead atoms. The SMILES string of the molecule is CCCCCCN1CCCCN1C1N=C(N(C)C)SS1. The van der Waals surface area contributed by atoms with E-state index in [2.05, 4.69) is 35.9 Å². The Bertz CT molecular complexity index is 322. The molecule has 0 aliphatic carbocycles. The lowest BCUT2D eigenvalue weighted by Crippen LogP contribution is -2.50. The number of aliphatic imine (C=N–C) groups is 1. The van der Waals surface area contributed by atoms with E-state index in [0.717, 1.165) is 11.7 Å². The highest BCUT2D eigenvalue weighted by atomic mass is 33.1. The molecule has 2 heterocycles. The van der Waals surface area contributed by atoms with Crippen molar-refractivity contribution in [1.82, 2.24) is 14.9 Å².